The number of nitrogens with one attached hydrogen (secondary N) is 1. The third-order valence-corrected chi connectivity index (χ3v) is 3.10. The highest BCUT2D eigenvalue weighted by Crippen LogP contribution is 2.23. The Morgan fingerprint density at radius 3 is 2.62 bits per heavy atom. The summed E-state index contributed by atoms with van der Waals surface area (Å²) in [5.74, 6) is -0.306. The Morgan fingerprint density at radius 2 is 2.00 bits per heavy atom. The maximum absolute atomic E-state index is 13.5. The zero-order valence-electron chi connectivity index (χ0n) is 9.12. The van der Waals surface area contributed by atoms with E-state index in [9.17, 15) is 4.39 Å². The van der Waals surface area contributed by atoms with Crippen LogP contribution in [0.4, 0.5) is 4.39 Å². The molecule has 0 amide bonds. The largest absolute Gasteiger partial charge is 0.295 e. The van der Waals surface area contributed by atoms with Gasteiger partial charge in [0.15, 0.2) is 0 Å². The summed E-state index contributed by atoms with van der Waals surface area (Å²) in [7, 11) is 0. The zero-order chi connectivity index (χ0) is 11.4. The molecule has 0 saturated heterocycles. The van der Waals surface area contributed by atoms with Gasteiger partial charge in [0, 0.05) is 11.6 Å². The summed E-state index contributed by atoms with van der Waals surface area (Å²) in [6.07, 6.45) is 4.58. The van der Waals surface area contributed by atoms with Crippen molar-refractivity contribution in [2.75, 3.05) is 0 Å². The molecule has 1 fully saturated rings. The van der Waals surface area contributed by atoms with Crippen molar-refractivity contribution >= 4 is 0 Å². The fraction of sp³-hybridized carbons (Fsp3) is 0.462. The van der Waals surface area contributed by atoms with Crippen LogP contribution in [0.1, 0.15) is 37.3 Å². The van der Waals surface area contributed by atoms with E-state index in [0.717, 1.165) is 12.8 Å². The van der Waals surface area contributed by atoms with Crippen molar-refractivity contribution in [2.24, 2.45) is 0 Å². The minimum atomic E-state index is -0.524. The SMILES string of the molecule is N#CC(NC1CCCC1)c1ccccc1F. The lowest BCUT2D eigenvalue weighted by Crippen LogP contribution is -2.30. The summed E-state index contributed by atoms with van der Waals surface area (Å²) in [5.41, 5.74) is 0.455. The summed E-state index contributed by atoms with van der Waals surface area (Å²) in [6.45, 7) is 0. The first-order valence-electron chi connectivity index (χ1n) is 5.71. The molecule has 0 radical (unpaired) electrons. The fourth-order valence-electron chi connectivity index (χ4n) is 2.23. The average molecular weight is 218 g/mol. The van der Waals surface area contributed by atoms with Crippen LogP contribution in [0.15, 0.2) is 24.3 Å². The number of rotatable bonds is 3. The Bertz CT molecular complexity index is 391. The molecule has 0 heterocycles. The molecular weight excluding hydrogens is 203 g/mol. The first-order valence-corrected chi connectivity index (χ1v) is 5.71. The van der Waals surface area contributed by atoms with Crippen LogP contribution in [0, 0.1) is 17.1 Å². The molecule has 2 nitrogen and oxygen atoms in total. The third kappa shape index (κ3) is 2.40. The Hall–Kier alpha value is -1.40. The van der Waals surface area contributed by atoms with Gasteiger partial charge in [0.2, 0.25) is 0 Å². The summed E-state index contributed by atoms with van der Waals surface area (Å²) in [5, 5.41) is 12.3. The topological polar surface area (TPSA) is 35.8 Å². The monoisotopic (exact) mass is 218 g/mol. The summed E-state index contributed by atoms with van der Waals surface area (Å²) < 4.78 is 13.5. The van der Waals surface area contributed by atoms with Gasteiger partial charge in [-0.25, -0.2) is 4.39 Å². The molecule has 1 aromatic rings. The first kappa shape index (κ1) is 11.1. The maximum Gasteiger partial charge on any atom is 0.129 e. The van der Waals surface area contributed by atoms with Crippen LogP contribution >= 0.6 is 0 Å². The lowest BCUT2D eigenvalue weighted by molar-refractivity contribution is 0.477. The van der Waals surface area contributed by atoms with Crippen molar-refractivity contribution < 1.29 is 4.39 Å². The first-order chi connectivity index (χ1) is 7.81. The van der Waals surface area contributed by atoms with E-state index >= 15 is 0 Å². The number of hydrogen-bond acceptors (Lipinski definition) is 2. The van der Waals surface area contributed by atoms with E-state index in [-0.39, 0.29) is 5.82 Å². The molecule has 0 aromatic heterocycles. The van der Waals surface area contributed by atoms with Gasteiger partial charge in [-0.2, -0.15) is 5.26 Å². The Labute approximate surface area is 95.1 Å². The Morgan fingerprint density at radius 1 is 1.31 bits per heavy atom. The van der Waals surface area contributed by atoms with E-state index in [1.165, 1.54) is 18.9 Å². The lowest BCUT2D eigenvalue weighted by atomic mass is 10.1. The van der Waals surface area contributed by atoms with Crippen LogP contribution in [0.2, 0.25) is 0 Å². The summed E-state index contributed by atoms with van der Waals surface area (Å²) in [6, 6.07) is 8.45. The zero-order valence-corrected chi connectivity index (χ0v) is 9.12. The number of hydrogen-bond donors (Lipinski definition) is 1. The number of nitriles is 1. The van der Waals surface area contributed by atoms with E-state index < -0.39 is 6.04 Å². The van der Waals surface area contributed by atoms with E-state index in [1.807, 2.05) is 0 Å². The van der Waals surface area contributed by atoms with E-state index in [1.54, 1.807) is 18.2 Å². The molecule has 1 N–H and O–H groups in total. The molecule has 0 spiro atoms. The van der Waals surface area contributed by atoms with Crippen molar-refractivity contribution in [2.45, 2.75) is 37.8 Å². The summed E-state index contributed by atoms with van der Waals surface area (Å²) >= 11 is 0. The second kappa shape index (κ2) is 5.09. The van der Waals surface area contributed by atoms with Crippen LogP contribution in [0.5, 0.6) is 0 Å². The molecule has 1 saturated carbocycles. The number of halogens is 1. The van der Waals surface area contributed by atoms with E-state index in [2.05, 4.69) is 11.4 Å². The van der Waals surface area contributed by atoms with Crippen molar-refractivity contribution in [3.8, 4) is 6.07 Å². The maximum atomic E-state index is 13.5. The lowest BCUT2D eigenvalue weighted by Gasteiger charge is -2.17. The summed E-state index contributed by atoms with van der Waals surface area (Å²) in [4.78, 5) is 0. The Kier molecular flexibility index (Phi) is 3.53. The molecule has 84 valence electrons. The Balaban J connectivity index is 2.10. The fourth-order valence-corrected chi connectivity index (χ4v) is 2.23. The van der Waals surface area contributed by atoms with Gasteiger partial charge in [-0.1, -0.05) is 31.0 Å². The quantitative estimate of drug-likeness (QED) is 0.846. The van der Waals surface area contributed by atoms with Crippen LogP contribution < -0.4 is 5.32 Å². The van der Waals surface area contributed by atoms with Crippen LogP contribution in [0.25, 0.3) is 0 Å². The minimum Gasteiger partial charge on any atom is -0.295 e. The van der Waals surface area contributed by atoms with Crippen molar-refractivity contribution in [1.29, 1.82) is 5.26 Å². The van der Waals surface area contributed by atoms with E-state index in [0.29, 0.717) is 11.6 Å². The molecule has 1 aromatic carbocycles. The molecule has 1 unspecified atom stereocenters. The number of nitrogens with zero attached hydrogens (tertiary/aromatic N) is 1. The molecular formula is C13H15FN2. The molecule has 2 rings (SSSR count). The van der Waals surface area contributed by atoms with Crippen LogP contribution in [-0.2, 0) is 0 Å². The van der Waals surface area contributed by atoms with Gasteiger partial charge in [-0.3, -0.25) is 5.32 Å². The molecule has 0 aliphatic heterocycles. The van der Waals surface area contributed by atoms with Crippen molar-refractivity contribution in [3.63, 3.8) is 0 Å². The standard InChI is InChI=1S/C13H15FN2/c14-12-8-4-3-7-11(12)13(9-15)16-10-5-1-2-6-10/h3-4,7-8,10,13,16H,1-2,5-6H2. The van der Waals surface area contributed by atoms with Crippen LogP contribution in [0.3, 0.4) is 0 Å². The molecule has 0 bridgehead atoms. The van der Waals surface area contributed by atoms with Gasteiger partial charge in [0.05, 0.1) is 6.07 Å². The highest BCUT2D eigenvalue weighted by molar-refractivity contribution is 5.25. The average Bonchev–Trinajstić information content (AvgIpc) is 2.80. The van der Waals surface area contributed by atoms with Gasteiger partial charge < -0.3 is 0 Å². The van der Waals surface area contributed by atoms with Gasteiger partial charge in [0.1, 0.15) is 11.9 Å². The predicted octanol–water partition coefficient (Wildman–Crippen LogP) is 2.92. The smallest absolute Gasteiger partial charge is 0.129 e. The van der Waals surface area contributed by atoms with Gasteiger partial charge in [-0.15, -0.1) is 0 Å². The highest BCUT2D eigenvalue weighted by atomic mass is 19.1. The minimum absolute atomic E-state index is 0.306. The molecule has 3 heteroatoms. The highest BCUT2D eigenvalue weighted by Gasteiger charge is 2.21. The van der Waals surface area contributed by atoms with E-state index in [4.69, 9.17) is 5.26 Å². The van der Waals surface area contributed by atoms with Gasteiger partial charge in [0.25, 0.3) is 0 Å². The second-order valence-corrected chi connectivity index (χ2v) is 4.23. The van der Waals surface area contributed by atoms with Crippen LogP contribution in [-0.4, -0.2) is 6.04 Å². The van der Waals surface area contributed by atoms with Gasteiger partial charge >= 0.3 is 0 Å². The normalized spacial score (nSPS) is 18.2. The molecule has 1 aliphatic carbocycles. The van der Waals surface area contributed by atoms with Crippen molar-refractivity contribution in [3.05, 3.63) is 35.6 Å². The number of benzene rings is 1. The molecule has 1 aliphatic rings. The second-order valence-electron chi connectivity index (χ2n) is 4.23. The molecule has 16 heavy (non-hydrogen) atoms. The third-order valence-electron chi connectivity index (χ3n) is 3.10. The van der Waals surface area contributed by atoms with Crippen molar-refractivity contribution in [1.82, 2.24) is 5.32 Å². The predicted molar refractivity (Wildman–Crippen MR) is 60.1 cm³/mol. The van der Waals surface area contributed by atoms with Gasteiger partial charge in [-0.05, 0) is 18.9 Å². The molecule has 1 atom stereocenters.